The minimum absolute atomic E-state index is 0.0102. The van der Waals surface area contributed by atoms with E-state index in [-0.39, 0.29) is 40.9 Å². The lowest BCUT2D eigenvalue weighted by Gasteiger charge is -2.31. The molecule has 0 saturated heterocycles. The van der Waals surface area contributed by atoms with Gasteiger partial charge in [-0.3, -0.25) is 14.3 Å². The van der Waals surface area contributed by atoms with E-state index < -0.39 is 49.8 Å². The largest absolute Gasteiger partial charge is 0.501 e. The number of ether oxygens (including phenoxy) is 1. The number of nitrogens with zero attached hydrogens (tertiary/aromatic N) is 2. The number of rotatable bonds is 8. The van der Waals surface area contributed by atoms with Crippen molar-refractivity contribution in [2.24, 2.45) is 17.8 Å². The average molecular weight is 595 g/mol. The summed E-state index contributed by atoms with van der Waals surface area (Å²) in [5.74, 6) is -2.51. The molecule has 0 radical (unpaired) electrons. The number of benzene rings is 2. The number of aromatic nitrogens is 2. The van der Waals surface area contributed by atoms with Crippen LogP contribution in [0.5, 0.6) is 5.75 Å². The second-order valence-electron chi connectivity index (χ2n) is 10.2. The first-order valence-electron chi connectivity index (χ1n) is 12.8. The van der Waals surface area contributed by atoms with Crippen molar-refractivity contribution >= 4 is 27.3 Å². The van der Waals surface area contributed by atoms with Gasteiger partial charge in [-0.15, -0.1) is 0 Å². The SMILES string of the molecule is COc1cc(F)c(Cn2cccn2)cc1C(=O)N[C@@H]1[C@H]2CC[C@H](C2)[C@@H]1C(=O)Nc1cccc(S(=O)(=O)C(F)(F)F)c1. The second kappa shape index (κ2) is 10.8. The summed E-state index contributed by atoms with van der Waals surface area (Å²) < 4.78 is 84.2. The van der Waals surface area contributed by atoms with Gasteiger partial charge in [0.2, 0.25) is 5.91 Å². The van der Waals surface area contributed by atoms with E-state index in [0.29, 0.717) is 6.42 Å². The monoisotopic (exact) mass is 594 g/mol. The van der Waals surface area contributed by atoms with Crippen LogP contribution >= 0.6 is 0 Å². The van der Waals surface area contributed by atoms with Crippen molar-refractivity contribution in [1.82, 2.24) is 15.1 Å². The third-order valence-corrected chi connectivity index (χ3v) is 9.22. The zero-order valence-corrected chi connectivity index (χ0v) is 22.5. The van der Waals surface area contributed by atoms with Gasteiger partial charge in [0.05, 0.1) is 30.0 Å². The van der Waals surface area contributed by atoms with Gasteiger partial charge in [-0.05, 0) is 61.4 Å². The molecule has 1 heterocycles. The highest BCUT2D eigenvalue weighted by atomic mass is 32.2. The van der Waals surface area contributed by atoms with Crippen molar-refractivity contribution in [3.63, 3.8) is 0 Å². The molecular weight excluding hydrogens is 568 g/mol. The molecule has 1 aromatic heterocycles. The topological polar surface area (TPSA) is 119 Å². The molecule has 0 spiro atoms. The van der Waals surface area contributed by atoms with E-state index in [2.05, 4.69) is 15.7 Å². The van der Waals surface area contributed by atoms with Crippen molar-refractivity contribution in [2.75, 3.05) is 12.4 Å². The van der Waals surface area contributed by atoms with E-state index in [0.717, 1.165) is 37.1 Å². The highest BCUT2D eigenvalue weighted by molar-refractivity contribution is 7.92. The minimum Gasteiger partial charge on any atom is -0.496 e. The van der Waals surface area contributed by atoms with Gasteiger partial charge >= 0.3 is 5.51 Å². The summed E-state index contributed by atoms with van der Waals surface area (Å²) in [5, 5.41) is 9.50. The molecule has 0 aliphatic heterocycles. The van der Waals surface area contributed by atoms with E-state index in [4.69, 9.17) is 4.74 Å². The molecule has 2 aromatic carbocycles. The molecule has 218 valence electrons. The average Bonchev–Trinajstić information content (AvgIpc) is 3.67. The molecule has 2 N–H and O–H groups in total. The number of carbonyl (C=O) groups is 2. The molecule has 0 unspecified atom stereocenters. The first kappa shape index (κ1) is 28.6. The first-order chi connectivity index (χ1) is 19.4. The standard InChI is InChI=1S/C27H26F4N4O5S/c1-40-22-13-21(28)17(14-35-9-3-8-32-35)11-20(22)25(36)34-24-16-7-6-15(10-16)23(24)26(37)33-18-4-2-5-19(12-18)41(38,39)27(29,30)31/h2-5,8-9,11-13,15-16,23-24H,6-7,10,14H2,1H3,(H,33,37)(H,34,36)/t15-,16+,23+,24-/m1/s1. The highest BCUT2D eigenvalue weighted by Crippen LogP contribution is 2.49. The van der Waals surface area contributed by atoms with Gasteiger partial charge in [0.1, 0.15) is 11.6 Å². The maximum atomic E-state index is 14.7. The Balaban J connectivity index is 1.36. The lowest BCUT2D eigenvalue weighted by Crippen LogP contribution is -2.48. The highest BCUT2D eigenvalue weighted by Gasteiger charge is 2.52. The lowest BCUT2D eigenvalue weighted by atomic mass is 9.83. The number of alkyl halides is 3. The lowest BCUT2D eigenvalue weighted by molar-refractivity contribution is -0.122. The van der Waals surface area contributed by atoms with E-state index in [1.165, 1.54) is 23.9 Å². The van der Waals surface area contributed by atoms with E-state index in [1.54, 1.807) is 18.5 Å². The predicted octanol–water partition coefficient (Wildman–Crippen LogP) is 4.16. The van der Waals surface area contributed by atoms with Crippen LogP contribution in [0.3, 0.4) is 0 Å². The molecule has 5 rings (SSSR count). The van der Waals surface area contributed by atoms with Crippen LogP contribution in [0.4, 0.5) is 23.2 Å². The van der Waals surface area contributed by atoms with Crippen molar-refractivity contribution < 1.29 is 40.3 Å². The first-order valence-corrected chi connectivity index (χ1v) is 14.2. The molecule has 2 aliphatic rings. The summed E-state index contributed by atoms with van der Waals surface area (Å²) in [4.78, 5) is 25.8. The van der Waals surface area contributed by atoms with Crippen LogP contribution < -0.4 is 15.4 Å². The zero-order chi connectivity index (χ0) is 29.5. The van der Waals surface area contributed by atoms with Crippen molar-refractivity contribution in [2.45, 2.75) is 42.3 Å². The molecule has 41 heavy (non-hydrogen) atoms. The third kappa shape index (κ3) is 5.52. The van der Waals surface area contributed by atoms with Crippen molar-refractivity contribution in [3.05, 3.63) is 71.8 Å². The fourth-order valence-electron chi connectivity index (χ4n) is 5.84. The van der Waals surface area contributed by atoms with E-state index in [9.17, 15) is 35.6 Å². The Morgan fingerprint density at radius 3 is 2.56 bits per heavy atom. The van der Waals surface area contributed by atoms with Crippen LogP contribution in [0.25, 0.3) is 0 Å². The molecule has 2 aliphatic carbocycles. The number of hydrogen-bond acceptors (Lipinski definition) is 6. The van der Waals surface area contributed by atoms with Crippen LogP contribution in [0.15, 0.2) is 59.8 Å². The molecule has 9 nitrogen and oxygen atoms in total. The van der Waals surface area contributed by atoms with E-state index in [1.807, 2.05) is 0 Å². The fourth-order valence-corrected chi connectivity index (χ4v) is 6.65. The van der Waals surface area contributed by atoms with Gasteiger partial charge in [-0.25, -0.2) is 12.8 Å². The second-order valence-corrected chi connectivity index (χ2v) is 12.1. The van der Waals surface area contributed by atoms with Crippen LogP contribution in [0.2, 0.25) is 0 Å². The Labute approximate surface area is 232 Å². The number of hydrogen-bond donors (Lipinski definition) is 2. The molecule has 3 aromatic rings. The minimum atomic E-state index is -5.60. The van der Waals surface area contributed by atoms with Crippen molar-refractivity contribution in [3.8, 4) is 5.75 Å². The van der Waals surface area contributed by atoms with Gasteiger partial charge < -0.3 is 15.4 Å². The molecular formula is C27H26F4N4O5S. The Bertz CT molecular complexity index is 1580. The predicted molar refractivity (Wildman–Crippen MR) is 138 cm³/mol. The van der Waals surface area contributed by atoms with Crippen LogP contribution in [-0.2, 0) is 21.2 Å². The van der Waals surface area contributed by atoms with Crippen LogP contribution in [0, 0.1) is 23.6 Å². The number of anilines is 1. The summed E-state index contributed by atoms with van der Waals surface area (Å²) in [5.41, 5.74) is -5.33. The number of sulfone groups is 1. The van der Waals surface area contributed by atoms with Gasteiger partial charge in [0, 0.05) is 35.8 Å². The van der Waals surface area contributed by atoms with E-state index >= 15 is 0 Å². The van der Waals surface area contributed by atoms with Gasteiger partial charge in [-0.2, -0.15) is 18.3 Å². The Morgan fingerprint density at radius 1 is 1.12 bits per heavy atom. The molecule has 4 atom stereocenters. The summed E-state index contributed by atoms with van der Waals surface area (Å²) >= 11 is 0. The smallest absolute Gasteiger partial charge is 0.496 e. The zero-order valence-electron chi connectivity index (χ0n) is 21.7. The maximum absolute atomic E-state index is 14.7. The Hall–Kier alpha value is -3.94. The molecule has 14 heteroatoms. The van der Waals surface area contributed by atoms with Gasteiger partial charge in [-0.1, -0.05) is 6.07 Å². The molecule has 2 saturated carbocycles. The number of carbonyl (C=O) groups excluding carboxylic acids is 2. The normalized spacial score (nSPS) is 22.0. The molecule has 2 amide bonds. The summed E-state index contributed by atoms with van der Waals surface area (Å²) in [6.07, 6.45) is 5.35. The van der Waals surface area contributed by atoms with Crippen LogP contribution in [0.1, 0.15) is 35.2 Å². The summed E-state index contributed by atoms with van der Waals surface area (Å²) in [7, 11) is -4.30. The molecule has 2 fully saturated rings. The maximum Gasteiger partial charge on any atom is 0.501 e. The Morgan fingerprint density at radius 2 is 1.88 bits per heavy atom. The number of nitrogens with one attached hydrogen (secondary N) is 2. The van der Waals surface area contributed by atoms with Crippen molar-refractivity contribution in [1.29, 1.82) is 0 Å². The summed E-state index contributed by atoms with van der Waals surface area (Å²) in [6.45, 7) is 0.0748. The van der Waals surface area contributed by atoms with Crippen LogP contribution in [-0.4, -0.2) is 48.7 Å². The number of methoxy groups -OCH3 is 1. The number of halogens is 4. The molecule has 2 bridgehead atoms. The number of amides is 2. The fraction of sp³-hybridized carbons (Fsp3) is 0.370. The quantitative estimate of drug-likeness (QED) is 0.378. The van der Waals surface area contributed by atoms with Gasteiger partial charge in [0.15, 0.2) is 0 Å². The third-order valence-electron chi connectivity index (χ3n) is 7.74. The van der Waals surface area contributed by atoms with Gasteiger partial charge in [0.25, 0.3) is 15.7 Å². The summed E-state index contributed by atoms with van der Waals surface area (Å²) in [6, 6.07) is 7.52. The number of fused-ring (bicyclic) bond motifs is 2. The Kier molecular flexibility index (Phi) is 7.53.